The summed E-state index contributed by atoms with van der Waals surface area (Å²) in [6.07, 6.45) is 8.49. The zero-order valence-corrected chi connectivity index (χ0v) is 38.5. The van der Waals surface area contributed by atoms with Crippen LogP contribution in [0.2, 0.25) is 39.3 Å². The van der Waals surface area contributed by atoms with Gasteiger partial charge < -0.3 is 36.1 Å². The first-order valence-electron chi connectivity index (χ1n) is 20.5. The van der Waals surface area contributed by atoms with Gasteiger partial charge in [0.15, 0.2) is 0 Å². The molecule has 3 aromatic rings. The molecule has 0 aliphatic rings. The van der Waals surface area contributed by atoms with Gasteiger partial charge in [0.05, 0.1) is 29.4 Å². The van der Waals surface area contributed by atoms with Crippen LogP contribution in [0.1, 0.15) is 71.9 Å². The molecule has 2 amide bonds. The third-order valence-electron chi connectivity index (χ3n) is 8.72. The van der Waals surface area contributed by atoms with Crippen molar-refractivity contribution in [2.24, 2.45) is 5.92 Å². The van der Waals surface area contributed by atoms with Gasteiger partial charge in [-0.2, -0.15) is 15.0 Å². The van der Waals surface area contributed by atoms with Crippen molar-refractivity contribution in [3.8, 4) is 0 Å². The highest BCUT2D eigenvalue weighted by Crippen LogP contribution is 2.22. The van der Waals surface area contributed by atoms with Crippen LogP contribution in [0.4, 0.5) is 29.2 Å². The molecule has 0 radical (unpaired) electrons. The van der Waals surface area contributed by atoms with E-state index in [-0.39, 0.29) is 43.7 Å². The summed E-state index contributed by atoms with van der Waals surface area (Å²) < 4.78 is 10.4. The van der Waals surface area contributed by atoms with Crippen LogP contribution in [-0.2, 0) is 28.7 Å². The Hall–Kier alpha value is -5.36. The first kappa shape index (κ1) is 50.8. The zero-order valence-electron chi connectivity index (χ0n) is 36.5. The molecule has 0 spiro atoms. The van der Waals surface area contributed by atoms with E-state index in [1.54, 1.807) is 62.4 Å². The second-order valence-electron chi connectivity index (χ2n) is 16.6. The van der Waals surface area contributed by atoms with Gasteiger partial charge in [0.1, 0.15) is 11.1 Å². The number of benzene rings is 2. The second-order valence-corrected chi connectivity index (χ2v) is 27.6. The van der Waals surface area contributed by atoms with Gasteiger partial charge in [-0.05, 0) is 73.7 Å². The van der Waals surface area contributed by atoms with E-state index in [0.717, 1.165) is 25.7 Å². The van der Waals surface area contributed by atoms with Gasteiger partial charge >= 0.3 is 11.9 Å². The Morgan fingerprint density at radius 3 is 1.38 bits per heavy atom. The fraction of sp³-hybridized carbons (Fsp3) is 0.477. The summed E-state index contributed by atoms with van der Waals surface area (Å²) >= 11 is 0. The molecule has 16 heteroatoms. The molecule has 0 saturated heterocycles. The molecular weight excluding hydrogens is 793 g/mol. The Morgan fingerprint density at radius 2 is 1.03 bits per heavy atom. The average Bonchev–Trinajstić information content (AvgIpc) is 3.18. The SMILES string of the molecule is C.CCCCC(CC)CNc1nc(Nc2ccc(/C=C(/C(=O)NC[Si](C)(C)C)C(=O)OCC)cc2)nc(Nc2ccc(/C=C(/C(=O)NC[Si](C)(C)C)C(=O)OCC)cc2)n1. The summed E-state index contributed by atoms with van der Waals surface area (Å²) in [7, 11) is -3.20. The van der Waals surface area contributed by atoms with Crippen LogP contribution < -0.4 is 26.6 Å². The number of rotatable bonds is 23. The van der Waals surface area contributed by atoms with Crippen LogP contribution in [0.5, 0.6) is 0 Å². The third kappa shape index (κ3) is 18.3. The van der Waals surface area contributed by atoms with E-state index in [9.17, 15) is 19.2 Å². The molecule has 0 saturated carbocycles. The maximum Gasteiger partial charge on any atom is 0.343 e. The number of carbonyl (C=O) groups is 4. The van der Waals surface area contributed by atoms with Crippen LogP contribution >= 0.6 is 0 Å². The first-order valence-corrected chi connectivity index (χ1v) is 27.9. The van der Waals surface area contributed by atoms with Gasteiger partial charge in [-0.25, -0.2) is 9.59 Å². The van der Waals surface area contributed by atoms with E-state index in [2.05, 4.69) is 94.7 Å². The summed E-state index contributed by atoms with van der Waals surface area (Å²) in [4.78, 5) is 65.5. The standard InChI is InChI=1S/C43H64N8O6Si2.CH4/c1-11-15-16-30(12-2)27-44-41-49-42(47-33-21-17-31(18-22-33)25-35(39(54)56-13-3)37(52)45-28-58(5,6)7)51-43(50-41)48-34-23-19-32(20-24-34)26-36(40(55)57-14-4)38(53)46-29-59(8,9)10;/h17-26,30H,11-16,27-29H2,1-10H3,(H,45,52)(H,46,53)(H3,44,47,48,49,50,51);1H4/b35-25-,36-26-;. The number of anilines is 5. The van der Waals surface area contributed by atoms with Crippen molar-refractivity contribution in [1.82, 2.24) is 25.6 Å². The van der Waals surface area contributed by atoms with E-state index >= 15 is 0 Å². The lowest BCUT2D eigenvalue weighted by Gasteiger charge is -2.17. The van der Waals surface area contributed by atoms with Gasteiger partial charge in [-0.15, -0.1) is 0 Å². The lowest BCUT2D eigenvalue weighted by Crippen LogP contribution is -2.41. The average molecular weight is 861 g/mol. The fourth-order valence-electron chi connectivity index (χ4n) is 5.40. The molecule has 1 aromatic heterocycles. The van der Waals surface area contributed by atoms with Gasteiger partial charge in [-0.1, -0.05) is 104 Å². The fourth-order valence-corrected chi connectivity index (χ4v) is 6.78. The van der Waals surface area contributed by atoms with Crippen LogP contribution in [0.15, 0.2) is 59.7 Å². The Bertz CT molecular complexity index is 1800. The highest BCUT2D eigenvalue weighted by Gasteiger charge is 2.24. The van der Waals surface area contributed by atoms with Crippen molar-refractivity contribution in [3.63, 3.8) is 0 Å². The number of hydrogen-bond acceptors (Lipinski definition) is 12. The van der Waals surface area contributed by atoms with E-state index in [1.807, 2.05) is 0 Å². The minimum absolute atomic E-state index is 0. The van der Waals surface area contributed by atoms with Crippen LogP contribution in [-0.4, -0.2) is 86.9 Å². The van der Waals surface area contributed by atoms with Gasteiger partial charge in [0.25, 0.3) is 11.8 Å². The number of ether oxygens (including phenoxy) is 2. The van der Waals surface area contributed by atoms with Gasteiger partial charge in [0.2, 0.25) is 17.8 Å². The highest BCUT2D eigenvalue weighted by atomic mass is 28.3. The van der Waals surface area contributed by atoms with E-state index < -0.39 is 39.9 Å². The van der Waals surface area contributed by atoms with Crippen molar-refractivity contribution in [2.75, 3.05) is 48.0 Å². The summed E-state index contributed by atoms with van der Waals surface area (Å²) in [6, 6.07) is 14.4. The molecular formula is C44H68N8O6Si2. The zero-order chi connectivity index (χ0) is 43.6. The number of aromatic nitrogens is 3. The lowest BCUT2D eigenvalue weighted by atomic mass is 9.99. The monoisotopic (exact) mass is 860 g/mol. The largest absolute Gasteiger partial charge is 0.462 e. The van der Waals surface area contributed by atoms with E-state index in [0.29, 0.717) is 53.2 Å². The van der Waals surface area contributed by atoms with Crippen LogP contribution in [0, 0.1) is 5.92 Å². The maximum atomic E-state index is 13.0. The number of nitrogens with zero attached hydrogens (tertiary/aromatic N) is 3. The van der Waals surface area contributed by atoms with E-state index in [4.69, 9.17) is 9.47 Å². The quantitative estimate of drug-likeness (QED) is 0.0202. The molecule has 1 heterocycles. The van der Waals surface area contributed by atoms with Crippen molar-refractivity contribution < 1.29 is 28.7 Å². The predicted molar refractivity (Wildman–Crippen MR) is 250 cm³/mol. The molecule has 1 atom stereocenters. The molecule has 328 valence electrons. The number of unbranched alkanes of at least 4 members (excludes halogenated alkanes) is 1. The molecule has 14 nitrogen and oxygen atoms in total. The summed E-state index contributed by atoms with van der Waals surface area (Å²) in [6.45, 7) is 21.6. The molecule has 2 aromatic carbocycles. The van der Waals surface area contributed by atoms with Crippen LogP contribution in [0.3, 0.4) is 0 Å². The second kappa shape index (κ2) is 24.7. The molecule has 0 bridgehead atoms. The Labute approximate surface area is 359 Å². The molecule has 5 N–H and O–H groups in total. The smallest absolute Gasteiger partial charge is 0.343 e. The summed E-state index contributed by atoms with van der Waals surface area (Å²) in [5.74, 6) is -0.869. The Balaban J connectivity index is 0.0000124. The number of nitrogens with one attached hydrogen (secondary N) is 5. The van der Waals surface area contributed by atoms with Crippen molar-refractivity contribution in [3.05, 3.63) is 70.8 Å². The first-order chi connectivity index (χ1) is 27.9. The number of hydrogen-bond donors (Lipinski definition) is 5. The minimum atomic E-state index is -1.60. The Morgan fingerprint density at radius 1 is 0.633 bits per heavy atom. The molecule has 0 aliphatic heterocycles. The Kier molecular flexibility index (Phi) is 20.9. The molecule has 1 unspecified atom stereocenters. The van der Waals surface area contributed by atoms with E-state index in [1.165, 1.54) is 12.2 Å². The molecule has 0 fully saturated rings. The lowest BCUT2D eigenvalue weighted by molar-refractivity contribution is -0.141. The van der Waals surface area contributed by atoms with Gasteiger partial charge in [0, 0.05) is 30.3 Å². The highest BCUT2D eigenvalue weighted by molar-refractivity contribution is 6.76. The predicted octanol–water partition coefficient (Wildman–Crippen LogP) is 8.50. The number of esters is 2. The number of carbonyl (C=O) groups excluding carboxylic acids is 4. The summed E-state index contributed by atoms with van der Waals surface area (Å²) in [5.41, 5.74) is 2.49. The molecule has 3 rings (SSSR count). The normalized spacial score (nSPS) is 12.4. The molecule has 0 aliphatic carbocycles. The molecule has 60 heavy (non-hydrogen) atoms. The minimum Gasteiger partial charge on any atom is -0.462 e. The topological polar surface area (TPSA) is 186 Å². The van der Waals surface area contributed by atoms with Crippen LogP contribution in [0.25, 0.3) is 12.2 Å². The van der Waals surface area contributed by atoms with Crippen molar-refractivity contribution >= 4 is 81.3 Å². The number of amides is 2. The van der Waals surface area contributed by atoms with Crippen molar-refractivity contribution in [2.45, 2.75) is 100 Å². The third-order valence-corrected chi connectivity index (χ3v) is 11.2. The van der Waals surface area contributed by atoms with Crippen molar-refractivity contribution in [1.29, 1.82) is 0 Å². The maximum absolute atomic E-state index is 13.0. The van der Waals surface area contributed by atoms with Gasteiger partial charge in [-0.3, -0.25) is 9.59 Å². The summed E-state index contributed by atoms with van der Waals surface area (Å²) in [5, 5.41) is 15.7.